The molecule has 90 valence electrons. The van der Waals surface area contributed by atoms with Gasteiger partial charge >= 0.3 is 5.97 Å². The van der Waals surface area contributed by atoms with Crippen molar-refractivity contribution in [3.8, 4) is 6.07 Å². The maximum Gasteiger partial charge on any atom is 0.332 e. The van der Waals surface area contributed by atoms with Crippen molar-refractivity contribution in [2.24, 2.45) is 17.8 Å². The highest BCUT2D eigenvalue weighted by molar-refractivity contribution is 5.82. The summed E-state index contributed by atoms with van der Waals surface area (Å²) in [7, 11) is 0. The lowest BCUT2D eigenvalue weighted by atomic mass is 9.54. The average Bonchev–Trinajstić information content (AvgIpc) is 2.23. The van der Waals surface area contributed by atoms with Crippen LogP contribution >= 0.6 is 0 Å². The molecule has 0 spiro atoms. The van der Waals surface area contributed by atoms with E-state index in [0.29, 0.717) is 0 Å². The van der Waals surface area contributed by atoms with E-state index in [2.05, 4.69) is 0 Å². The van der Waals surface area contributed by atoms with E-state index in [4.69, 9.17) is 10.00 Å². The molecule has 4 aliphatic carbocycles. The number of rotatable bonds is 2. The first-order valence-electron chi connectivity index (χ1n) is 6.48. The van der Waals surface area contributed by atoms with Crippen LogP contribution in [0.3, 0.4) is 0 Å². The van der Waals surface area contributed by atoms with Crippen molar-refractivity contribution in [2.75, 3.05) is 0 Å². The van der Waals surface area contributed by atoms with Crippen LogP contribution in [-0.4, -0.2) is 11.6 Å². The van der Waals surface area contributed by atoms with Gasteiger partial charge in [-0.15, -0.1) is 0 Å². The number of carbonyl (C=O) groups is 1. The molecule has 3 heteroatoms. The molecule has 0 heterocycles. The molecule has 0 aromatic heterocycles. The van der Waals surface area contributed by atoms with Crippen molar-refractivity contribution in [1.29, 1.82) is 5.26 Å². The van der Waals surface area contributed by atoms with E-state index in [9.17, 15) is 4.79 Å². The van der Waals surface area contributed by atoms with Gasteiger partial charge in [0.05, 0.1) is 6.07 Å². The van der Waals surface area contributed by atoms with Gasteiger partial charge in [0, 0.05) is 12.2 Å². The monoisotopic (exact) mass is 231 g/mol. The fraction of sp³-hybridized carbons (Fsp3) is 0.714. The Labute approximate surface area is 101 Å². The highest BCUT2D eigenvalue weighted by atomic mass is 16.6. The Balaban J connectivity index is 1.72. The summed E-state index contributed by atoms with van der Waals surface area (Å²) in [6, 6.07) is 1.83. The van der Waals surface area contributed by atoms with E-state index in [1.165, 1.54) is 31.4 Å². The summed E-state index contributed by atoms with van der Waals surface area (Å²) in [5, 5.41) is 8.40. The van der Waals surface area contributed by atoms with Gasteiger partial charge in [0.1, 0.15) is 5.60 Å². The molecule has 0 unspecified atom stereocenters. The predicted octanol–water partition coefficient (Wildman–Crippen LogP) is 2.58. The Kier molecular flexibility index (Phi) is 2.47. The maximum atomic E-state index is 11.6. The Morgan fingerprint density at radius 3 is 2.18 bits per heavy atom. The molecular formula is C14H17NO2. The van der Waals surface area contributed by atoms with Crippen molar-refractivity contribution in [1.82, 2.24) is 0 Å². The summed E-state index contributed by atoms with van der Waals surface area (Å²) >= 11 is 0. The first-order chi connectivity index (χ1) is 8.19. The molecule has 4 bridgehead atoms. The molecule has 4 saturated carbocycles. The third-order valence-corrected chi connectivity index (χ3v) is 4.59. The van der Waals surface area contributed by atoms with E-state index >= 15 is 0 Å². The third-order valence-electron chi connectivity index (χ3n) is 4.59. The minimum absolute atomic E-state index is 0.189. The molecule has 0 N–H and O–H groups in total. The van der Waals surface area contributed by atoms with Gasteiger partial charge in [-0.1, -0.05) is 0 Å². The van der Waals surface area contributed by atoms with Crippen LogP contribution in [0.25, 0.3) is 0 Å². The van der Waals surface area contributed by atoms with Gasteiger partial charge in [0.2, 0.25) is 0 Å². The van der Waals surface area contributed by atoms with Gasteiger partial charge < -0.3 is 4.74 Å². The van der Waals surface area contributed by atoms with Crippen molar-refractivity contribution in [3.05, 3.63) is 12.2 Å². The minimum atomic E-state index is -0.339. The average molecular weight is 231 g/mol. The Morgan fingerprint density at radius 1 is 1.18 bits per heavy atom. The van der Waals surface area contributed by atoms with Crippen LogP contribution in [0.4, 0.5) is 0 Å². The Morgan fingerprint density at radius 2 is 1.71 bits per heavy atom. The lowest BCUT2D eigenvalue weighted by Gasteiger charge is -2.55. The number of nitriles is 1. The number of nitrogens with zero attached hydrogens (tertiary/aromatic N) is 1. The number of carbonyl (C=O) groups excluding carboxylic acids is 1. The summed E-state index contributed by atoms with van der Waals surface area (Å²) in [5.41, 5.74) is -0.189. The molecule has 0 aromatic carbocycles. The van der Waals surface area contributed by atoms with Crippen LogP contribution < -0.4 is 0 Å². The third kappa shape index (κ3) is 1.97. The van der Waals surface area contributed by atoms with Crippen molar-refractivity contribution in [2.45, 2.75) is 44.1 Å². The number of esters is 1. The molecular weight excluding hydrogens is 214 g/mol. The van der Waals surface area contributed by atoms with Crippen molar-refractivity contribution < 1.29 is 9.53 Å². The van der Waals surface area contributed by atoms with E-state index in [1.807, 2.05) is 6.07 Å². The minimum Gasteiger partial charge on any atom is -0.456 e. The highest BCUT2D eigenvalue weighted by Gasteiger charge is 2.52. The normalized spacial score (nSPS) is 42.6. The zero-order valence-corrected chi connectivity index (χ0v) is 9.89. The molecule has 0 amide bonds. The fourth-order valence-electron chi connectivity index (χ4n) is 4.51. The molecule has 4 rings (SSSR count). The molecule has 0 radical (unpaired) electrons. The van der Waals surface area contributed by atoms with E-state index < -0.39 is 0 Å². The topological polar surface area (TPSA) is 50.1 Å². The van der Waals surface area contributed by atoms with Crippen LogP contribution in [0.5, 0.6) is 0 Å². The van der Waals surface area contributed by atoms with Crippen molar-refractivity contribution in [3.63, 3.8) is 0 Å². The smallest absolute Gasteiger partial charge is 0.332 e. The second kappa shape index (κ2) is 3.87. The SMILES string of the molecule is N#CC=CC(=O)OC12CC3CC(CC(C3)C1)C2. The summed E-state index contributed by atoms with van der Waals surface area (Å²) in [6.07, 6.45) is 9.60. The maximum absolute atomic E-state index is 11.6. The van der Waals surface area contributed by atoms with Gasteiger partial charge in [-0.05, 0) is 56.3 Å². The van der Waals surface area contributed by atoms with Gasteiger partial charge in [-0.25, -0.2) is 4.79 Å². The first kappa shape index (κ1) is 10.8. The van der Waals surface area contributed by atoms with Gasteiger partial charge in [-0.2, -0.15) is 5.26 Å². The number of ether oxygens (including phenoxy) is 1. The molecule has 17 heavy (non-hydrogen) atoms. The second-order valence-electron chi connectivity index (χ2n) is 5.98. The largest absolute Gasteiger partial charge is 0.456 e. The highest BCUT2D eigenvalue weighted by Crippen LogP contribution is 2.57. The van der Waals surface area contributed by atoms with Gasteiger partial charge in [-0.3, -0.25) is 0 Å². The van der Waals surface area contributed by atoms with Crippen LogP contribution in [0.15, 0.2) is 12.2 Å². The van der Waals surface area contributed by atoms with Crippen LogP contribution in [-0.2, 0) is 9.53 Å². The second-order valence-corrected chi connectivity index (χ2v) is 5.98. The molecule has 0 atom stereocenters. The standard InChI is InChI=1S/C14H17NO2/c15-3-1-2-13(16)17-14-7-10-4-11(8-14)6-12(5-10)9-14/h1-2,10-12H,4-9H2. The number of hydrogen-bond donors (Lipinski definition) is 0. The van der Waals surface area contributed by atoms with Crippen LogP contribution in [0, 0.1) is 29.1 Å². The summed E-state index contributed by atoms with van der Waals surface area (Å²) in [6.45, 7) is 0. The van der Waals surface area contributed by atoms with Gasteiger partial charge in [0.15, 0.2) is 0 Å². The lowest BCUT2D eigenvalue weighted by molar-refractivity contribution is -0.181. The Bertz CT molecular complexity index is 370. The quantitative estimate of drug-likeness (QED) is 0.417. The molecule has 4 aliphatic rings. The zero-order chi connectivity index (χ0) is 11.9. The number of hydrogen-bond acceptors (Lipinski definition) is 3. The summed E-state index contributed by atoms with van der Waals surface area (Å²) in [5.74, 6) is 1.98. The molecule has 4 fully saturated rings. The molecule has 0 aliphatic heterocycles. The van der Waals surface area contributed by atoms with E-state index in [1.54, 1.807) is 0 Å². The van der Waals surface area contributed by atoms with Crippen LogP contribution in [0.2, 0.25) is 0 Å². The summed E-state index contributed by atoms with van der Waals surface area (Å²) in [4.78, 5) is 11.6. The van der Waals surface area contributed by atoms with Crippen molar-refractivity contribution >= 4 is 5.97 Å². The zero-order valence-electron chi connectivity index (χ0n) is 9.89. The molecule has 0 aromatic rings. The fourth-order valence-corrected chi connectivity index (χ4v) is 4.51. The summed E-state index contributed by atoms with van der Waals surface area (Å²) < 4.78 is 5.68. The van der Waals surface area contributed by atoms with Crippen LogP contribution in [0.1, 0.15) is 38.5 Å². The Hall–Kier alpha value is -1.30. The van der Waals surface area contributed by atoms with Gasteiger partial charge in [0.25, 0.3) is 0 Å². The first-order valence-corrected chi connectivity index (χ1v) is 6.48. The lowest BCUT2D eigenvalue weighted by Crippen LogP contribution is -2.52. The molecule has 0 saturated heterocycles. The predicted molar refractivity (Wildman–Crippen MR) is 61.7 cm³/mol. The van der Waals surface area contributed by atoms with E-state index in [0.717, 1.165) is 37.0 Å². The van der Waals surface area contributed by atoms with E-state index in [-0.39, 0.29) is 11.6 Å². The number of allylic oxidation sites excluding steroid dienone is 1. The molecule has 3 nitrogen and oxygen atoms in total.